The quantitative estimate of drug-likeness (QED) is 0.586. The Morgan fingerprint density at radius 1 is 0.913 bits per heavy atom. The summed E-state index contributed by atoms with van der Waals surface area (Å²) in [6.07, 6.45) is 1.25. The van der Waals surface area contributed by atoms with Crippen LogP contribution < -0.4 is 4.74 Å². The molecule has 0 aromatic heterocycles. The van der Waals surface area contributed by atoms with Crippen molar-refractivity contribution in [3.05, 3.63) is 46.0 Å². The number of ketones is 2. The minimum Gasteiger partial charge on any atom is -0.508 e. The van der Waals surface area contributed by atoms with Crippen LogP contribution in [-0.2, 0) is 6.42 Å². The molecule has 0 unspecified atom stereocenters. The minimum atomic E-state index is -0.641. The molecule has 0 saturated heterocycles. The predicted octanol–water partition coefficient (Wildman–Crippen LogP) is 1.90. The molecular weight excluding hydrogens is 300 g/mol. The second kappa shape index (κ2) is 4.49. The van der Waals surface area contributed by atoms with Crippen molar-refractivity contribution in [2.24, 2.45) is 0 Å². The zero-order valence-corrected chi connectivity index (χ0v) is 11.9. The molecule has 6 nitrogen and oxygen atoms in total. The molecule has 0 spiro atoms. The normalized spacial score (nSPS) is 15.5. The highest BCUT2D eigenvalue weighted by molar-refractivity contribution is 6.30. The van der Waals surface area contributed by atoms with Gasteiger partial charge in [-0.15, -0.1) is 0 Å². The van der Waals surface area contributed by atoms with Crippen molar-refractivity contribution < 1.29 is 29.6 Å². The molecule has 0 bridgehead atoms. The van der Waals surface area contributed by atoms with Crippen LogP contribution in [0.5, 0.6) is 23.0 Å². The van der Waals surface area contributed by atoms with E-state index >= 15 is 0 Å². The Labute approximate surface area is 130 Å². The number of carbonyl (C=O) groups excluding carboxylic acids is 2. The van der Waals surface area contributed by atoms with Crippen molar-refractivity contribution >= 4 is 11.6 Å². The number of carbonyl (C=O) groups is 2. The number of fused-ring (bicyclic) bond motifs is 3. The maximum atomic E-state index is 12.7. The molecule has 1 aliphatic heterocycles. The Morgan fingerprint density at radius 3 is 2.43 bits per heavy atom. The molecule has 2 aliphatic rings. The number of ether oxygens (including phenoxy) is 1. The van der Waals surface area contributed by atoms with Crippen molar-refractivity contribution in [2.75, 3.05) is 6.61 Å². The summed E-state index contributed by atoms with van der Waals surface area (Å²) < 4.78 is 5.47. The summed E-state index contributed by atoms with van der Waals surface area (Å²) in [7, 11) is 0. The molecule has 116 valence electrons. The molecule has 23 heavy (non-hydrogen) atoms. The smallest absolute Gasteiger partial charge is 0.201 e. The number of rotatable bonds is 0. The van der Waals surface area contributed by atoms with E-state index in [0.717, 1.165) is 12.1 Å². The summed E-state index contributed by atoms with van der Waals surface area (Å²) in [4.78, 5) is 25.4. The summed E-state index contributed by atoms with van der Waals surface area (Å²) in [6.45, 7) is 0.478. The zero-order valence-electron chi connectivity index (χ0n) is 11.9. The molecule has 0 atom stereocenters. The molecule has 2 aromatic carbocycles. The molecule has 3 N–H and O–H groups in total. The molecule has 1 aliphatic carbocycles. The van der Waals surface area contributed by atoms with E-state index in [9.17, 15) is 24.9 Å². The van der Waals surface area contributed by atoms with Gasteiger partial charge in [0.2, 0.25) is 5.78 Å². The van der Waals surface area contributed by atoms with E-state index in [0.29, 0.717) is 30.8 Å². The van der Waals surface area contributed by atoms with Crippen LogP contribution in [0.4, 0.5) is 0 Å². The minimum absolute atomic E-state index is 0.0191. The maximum absolute atomic E-state index is 12.7. The third-order valence-corrected chi connectivity index (χ3v) is 4.24. The van der Waals surface area contributed by atoms with Crippen molar-refractivity contribution in [1.29, 1.82) is 0 Å². The fourth-order valence-electron chi connectivity index (χ4n) is 3.20. The van der Waals surface area contributed by atoms with Gasteiger partial charge in [0, 0.05) is 22.8 Å². The Morgan fingerprint density at radius 2 is 1.65 bits per heavy atom. The third-order valence-electron chi connectivity index (χ3n) is 4.24. The highest BCUT2D eigenvalue weighted by Gasteiger charge is 2.37. The van der Waals surface area contributed by atoms with Gasteiger partial charge in [-0.1, -0.05) is 0 Å². The van der Waals surface area contributed by atoms with E-state index < -0.39 is 17.3 Å². The molecule has 4 rings (SSSR count). The van der Waals surface area contributed by atoms with Crippen LogP contribution in [0.3, 0.4) is 0 Å². The number of hydrogen-bond acceptors (Lipinski definition) is 6. The van der Waals surface area contributed by atoms with Gasteiger partial charge >= 0.3 is 0 Å². The standard InChI is InChI=1S/C17H12O6/c18-7-4-9-13(11(19)5-7)17(22)14-10(15(9)20)6-12-8(16(14)21)2-1-3-23-12/h4-6,18-19,21H,1-3H2. The Balaban J connectivity index is 2.04. The summed E-state index contributed by atoms with van der Waals surface area (Å²) >= 11 is 0. The number of phenols is 3. The molecule has 2 aromatic rings. The Bertz CT molecular complexity index is 897. The Kier molecular flexibility index (Phi) is 2.66. The van der Waals surface area contributed by atoms with Gasteiger partial charge < -0.3 is 20.1 Å². The van der Waals surface area contributed by atoms with Crippen LogP contribution >= 0.6 is 0 Å². The highest BCUT2D eigenvalue weighted by atomic mass is 16.5. The van der Waals surface area contributed by atoms with Gasteiger partial charge in [-0.05, 0) is 25.0 Å². The summed E-state index contributed by atoms with van der Waals surface area (Å²) in [5.74, 6) is -1.87. The summed E-state index contributed by atoms with van der Waals surface area (Å²) in [5, 5.41) is 30.0. The van der Waals surface area contributed by atoms with Gasteiger partial charge in [-0.2, -0.15) is 0 Å². The second-order valence-electron chi connectivity index (χ2n) is 5.62. The van der Waals surface area contributed by atoms with Crippen LogP contribution in [0, 0.1) is 0 Å². The average molecular weight is 312 g/mol. The van der Waals surface area contributed by atoms with Crippen molar-refractivity contribution in [2.45, 2.75) is 12.8 Å². The topological polar surface area (TPSA) is 104 Å². The lowest BCUT2D eigenvalue weighted by Crippen LogP contribution is -2.23. The van der Waals surface area contributed by atoms with Crippen molar-refractivity contribution in [1.82, 2.24) is 0 Å². The van der Waals surface area contributed by atoms with Gasteiger partial charge in [0.15, 0.2) is 5.78 Å². The van der Waals surface area contributed by atoms with E-state index in [1.807, 2.05) is 0 Å². The molecule has 6 heteroatoms. The van der Waals surface area contributed by atoms with E-state index in [1.54, 1.807) is 0 Å². The number of benzene rings is 2. The number of aromatic hydroxyl groups is 3. The number of phenolic OH excluding ortho intramolecular Hbond substituents is 3. The summed E-state index contributed by atoms with van der Waals surface area (Å²) in [5.41, 5.74) is 0.110. The first kappa shape index (κ1) is 13.6. The van der Waals surface area contributed by atoms with E-state index in [-0.39, 0.29) is 33.8 Å². The van der Waals surface area contributed by atoms with Crippen LogP contribution in [0.15, 0.2) is 18.2 Å². The lowest BCUT2D eigenvalue weighted by molar-refractivity contribution is 0.0973. The van der Waals surface area contributed by atoms with Crippen molar-refractivity contribution in [3.63, 3.8) is 0 Å². The fraction of sp³-hybridized carbons (Fsp3) is 0.176. The summed E-state index contributed by atoms with van der Waals surface area (Å²) in [6, 6.07) is 3.58. The van der Waals surface area contributed by atoms with Gasteiger partial charge in [-0.3, -0.25) is 9.59 Å². The lowest BCUT2D eigenvalue weighted by Gasteiger charge is -2.25. The molecule has 0 fully saturated rings. The Hall–Kier alpha value is -3.02. The molecule has 1 heterocycles. The van der Waals surface area contributed by atoms with Gasteiger partial charge in [-0.25, -0.2) is 0 Å². The first-order valence-corrected chi connectivity index (χ1v) is 7.16. The van der Waals surface area contributed by atoms with E-state index in [2.05, 4.69) is 0 Å². The number of hydrogen-bond donors (Lipinski definition) is 3. The zero-order chi connectivity index (χ0) is 16.3. The first-order chi connectivity index (χ1) is 11.0. The molecule has 0 saturated carbocycles. The highest BCUT2D eigenvalue weighted by Crippen LogP contribution is 2.44. The van der Waals surface area contributed by atoms with E-state index in [4.69, 9.17) is 4.74 Å². The first-order valence-electron chi connectivity index (χ1n) is 7.16. The van der Waals surface area contributed by atoms with Crippen molar-refractivity contribution in [3.8, 4) is 23.0 Å². The average Bonchev–Trinajstić information content (AvgIpc) is 2.52. The second-order valence-corrected chi connectivity index (χ2v) is 5.62. The van der Waals surface area contributed by atoms with Crippen LogP contribution in [-0.4, -0.2) is 33.5 Å². The fourth-order valence-corrected chi connectivity index (χ4v) is 3.20. The maximum Gasteiger partial charge on any atom is 0.201 e. The molecule has 0 amide bonds. The lowest BCUT2D eigenvalue weighted by atomic mass is 9.81. The predicted molar refractivity (Wildman–Crippen MR) is 78.6 cm³/mol. The SMILES string of the molecule is O=C1c2cc(O)cc(O)c2C(=O)c2c1cc1c(c2O)CCCO1. The largest absolute Gasteiger partial charge is 0.508 e. The van der Waals surface area contributed by atoms with Crippen LogP contribution in [0.1, 0.15) is 43.8 Å². The molecular formula is C17H12O6. The molecule has 0 radical (unpaired) electrons. The van der Waals surface area contributed by atoms with E-state index in [1.165, 1.54) is 6.07 Å². The van der Waals surface area contributed by atoms with Crippen LogP contribution in [0.2, 0.25) is 0 Å². The van der Waals surface area contributed by atoms with Gasteiger partial charge in [0.1, 0.15) is 23.0 Å². The third kappa shape index (κ3) is 1.75. The monoisotopic (exact) mass is 312 g/mol. The van der Waals surface area contributed by atoms with Gasteiger partial charge in [0.05, 0.1) is 17.7 Å². The van der Waals surface area contributed by atoms with Crippen LogP contribution in [0.25, 0.3) is 0 Å². The van der Waals surface area contributed by atoms with Gasteiger partial charge in [0.25, 0.3) is 0 Å².